The van der Waals surface area contributed by atoms with E-state index in [0.29, 0.717) is 77.0 Å². The van der Waals surface area contributed by atoms with Gasteiger partial charge in [-0.15, -0.1) is 0 Å². The number of aryl methyl sites for hydroxylation is 1. The van der Waals surface area contributed by atoms with Crippen LogP contribution >= 0.6 is 0 Å². The van der Waals surface area contributed by atoms with Gasteiger partial charge in [0.1, 0.15) is 73.0 Å². The van der Waals surface area contributed by atoms with Crippen LogP contribution in [-0.2, 0) is 103 Å². The summed E-state index contributed by atoms with van der Waals surface area (Å²) in [5, 5.41) is 45.3. The zero-order valence-corrected chi connectivity index (χ0v) is 75.9. The minimum atomic E-state index is -1.65. The van der Waals surface area contributed by atoms with Gasteiger partial charge >= 0.3 is 5.97 Å². The number of likely N-dealkylation sites (N-methyl/N-ethyl adjacent to an activating group) is 2. The van der Waals surface area contributed by atoms with Crippen LogP contribution in [0.3, 0.4) is 0 Å². The van der Waals surface area contributed by atoms with Crippen LogP contribution in [0.25, 0.3) is 21.8 Å². The van der Waals surface area contributed by atoms with Gasteiger partial charge in [0.2, 0.25) is 82.7 Å². The molecule has 17 N–H and O–H groups in total. The minimum Gasteiger partial charge on any atom is -0.480 e. The number of aliphatic carboxylic acids is 1. The van der Waals surface area contributed by atoms with Crippen molar-refractivity contribution in [3.05, 3.63) is 107 Å². The number of H-pyrrole nitrogens is 1. The number of fused-ring (bicyclic) bond motifs is 5. The second-order valence-electron chi connectivity index (χ2n) is 35.8. The Hall–Kier alpha value is -11.7. The molecule has 4 fully saturated rings. The van der Waals surface area contributed by atoms with Gasteiger partial charge in [0.15, 0.2) is 5.78 Å². The van der Waals surface area contributed by atoms with Crippen molar-refractivity contribution < 1.29 is 86.9 Å². The molecule has 4 aliphatic rings. The van der Waals surface area contributed by atoms with E-state index in [-0.39, 0.29) is 141 Å². The molecule has 6 heterocycles. The predicted molar refractivity (Wildman–Crippen MR) is 481 cm³/mol. The molecule has 0 saturated carbocycles. The molecule has 3 aromatic carbocycles. The van der Waals surface area contributed by atoms with E-state index >= 15 is 38.4 Å². The molecule has 4 saturated heterocycles. The normalized spacial score (nSPS) is 25.6. The van der Waals surface area contributed by atoms with E-state index in [1.807, 2.05) is 71.0 Å². The SMILES string of the molecule is CCCC[C@H]1C(=O)N(C)[C@@H](CCCC)C(=O)N[C@@H](CC(C)C)C(=O)NCCCCC(=O)N[C@@H](Cc2ccc(C)cc2)C(=O)N2CCCC[C@H]2C(=O)N[C@@H](CC(N)=O)C(=O)N2CCC[C@H]2C(=O)N[C@@H](CN)C(=O)N[C@@H](CC(C)C)C(=O)N2C[C@H](O)C[C@H]2C(=O)C[C@@H](Cc2c[nH]c3ccccc23)C(=O)N[C@@H](CCN)C(=O)N[C@@H](Cc2cn(CC(=O)O)c3ccccc23)C(=O)N1C. The summed E-state index contributed by atoms with van der Waals surface area (Å²) in [4.78, 5) is 245. The Labute approximate surface area is 753 Å². The molecule has 0 radical (unpaired) electrons. The second-order valence-corrected chi connectivity index (χ2v) is 35.8. The van der Waals surface area contributed by atoms with E-state index in [9.17, 15) is 48.6 Å². The summed E-state index contributed by atoms with van der Waals surface area (Å²) in [6.45, 7) is 11.5. The highest BCUT2D eigenvalue weighted by Crippen LogP contribution is 2.31. The first-order chi connectivity index (χ1) is 61.5. The molecule has 704 valence electrons. The average Bonchev–Trinajstić information content (AvgIpc) is 1.70. The summed E-state index contributed by atoms with van der Waals surface area (Å²) in [7, 11) is 2.86. The smallest absolute Gasteiger partial charge is 0.323 e. The Morgan fingerprint density at radius 2 is 1.09 bits per heavy atom. The maximum absolute atomic E-state index is 15.9. The lowest BCUT2D eigenvalue weighted by Crippen LogP contribution is -2.62. The van der Waals surface area contributed by atoms with Crippen LogP contribution in [-0.4, -0.2) is 271 Å². The Balaban J connectivity index is 1.08. The molecule has 36 heteroatoms. The fourth-order valence-corrected chi connectivity index (χ4v) is 18.0. The molecule has 2 aromatic heterocycles. The summed E-state index contributed by atoms with van der Waals surface area (Å²) in [5.41, 5.74) is 22.1. The molecule has 14 amide bonds. The second kappa shape index (κ2) is 48.1. The van der Waals surface area contributed by atoms with E-state index in [1.165, 1.54) is 33.4 Å². The number of hydrogen-bond donors (Lipinski definition) is 14. The van der Waals surface area contributed by atoms with Gasteiger partial charge < -0.3 is 104 Å². The number of ketones is 1. The van der Waals surface area contributed by atoms with Gasteiger partial charge in [0.25, 0.3) is 0 Å². The molecular formula is C93H134N18O18. The van der Waals surface area contributed by atoms with Crippen molar-refractivity contribution in [1.29, 1.82) is 0 Å². The Morgan fingerprint density at radius 3 is 1.74 bits per heavy atom. The van der Waals surface area contributed by atoms with E-state index in [0.717, 1.165) is 15.4 Å². The monoisotopic (exact) mass is 1790 g/mol. The number of aromatic nitrogens is 2. The van der Waals surface area contributed by atoms with E-state index in [2.05, 4.69) is 47.5 Å². The summed E-state index contributed by atoms with van der Waals surface area (Å²) in [6.07, 6.45) is 3.74. The van der Waals surface area contributed by atoms with Gasteiger partial charge in [-0.1, -0.05) is 133 Å². The van der Waals surface area contributed by atoms with Crippen LogP contribution in [0.2, 0.25) is 0 Å². The number of carbonyl (C=O) groups excluding carboxylic acids is 15. The summed E-state index contributed by atoms with van der Waals surface area (Å²) in [6, 6.07) is 4.96. The van der Waals surface area contributed by atoms with Crippen molar-refractivity contribution in [1.82, 2.24) is 76.6 Å². The molecule has 0 unspecified atom stereocenters. The number of aliphatic hydroxyl groups excluding tert-OH is 1. The number of para-hydroxylation sites is 2. The zero-order chi connectivity index (χ0) is 94.0. The van der Waals surface area contributed by atoms with Crippen LogP contribution in [0, 0.1) is 24.7 Å². The lowest BCUT2D eigenvalue weighted by Gasteiger charge is -2.38. The number of nitrogens with zero attached hydrogens (tertiary/aromatic N) is 6. The van der Waals surface area contributed by atoms with Gasteiger partial charge in [-0.2, -0.15) is 0 Å². The number of primary amides is 1. The number of carboxylic acids is 1. The van der Waals surface area contributed by atoms with Crippen LogP contribution in [0.1, 0.15) is 192 Å². The first-order valence-corrected chi connectivity index (χ1v) is 45.7. The third-order valence-corrected chi connectivity index (χ3v) is 24.9. The lowest BCUT2D eigenvalue weighted by molar-refractivity contribution is -0.149. The molecule has 36 nitrogen and oxygen atoms in total. The molecule has 0 bridgehead atoms. The fourth-order valence-electron chi connectivity index (χ4n) is 18.0. The van der Waals surface area contributed by atoms with Crippen LogP contribution in [0.4, 0.5) is 0 Å². The largest absolute Gasteiger partial charge is 0.480 e. The number of hydrogen-bond acceptors (Lipinski definition) is 19. The number of amides is 14. The number of rotatable bonds is 23. The number of Topliss-reactive ketones (excluding diaryl/α,β-unsaturated/α-hetero) is 1. The molecule has 0 spiro atoms. The number of carboxylic acid groups (broad SMARTS) is 1. The van der Waals surface area contributed by atoms with Crippen LogP contribution < -0.4 is 59.7 Å². The van der Waals surface area contributed by atoms with Gasteiger partial charge in [0, 0.05) is 119 Å². The van der Waals surface area contributed by atoms with Crippen molar-refractivity contribution in [2.75, 3.05) is 53.4 Å². The predicted octanol–water partition coefficient (Wildman–Crippen LogP) is 2.46. The van der Waals surface area contributed by atoms with Crippen molar-refractivity contribution in [2.24, 2.45) is 35.0 Å². The number of benzene rings is 3. The third-order valence-electron chi connectivity index (χ3n) is 24.9. The van der Waals surface area contributed by atoms with Gasteiger partial charge in [-0.3, -0.25) is 76.7 Å². The number of piperidine rings is 1. The van der Waals surface area contributed by atoms with E-state index < -0.39 is 205 Å². The maximum Gasteiger partial charge on any atom is 0.323 e. The van der Waals surface area contributed by atoms with E-state index in [4.69, 9.17) is 17.2 Å². The van der Waals surface area contributed by atoms with Crippen molar-refractivity contribution in [3.8, 4) is 0 Å². The number of nitrogens with one attached hydrogen (secondary N) is 9. The molecule has 129 heavy (non-hydrogen) atoms. The summed E-state index contributed by atoms with van der Waals surface area (Å²) >= 11 is 0. The average molecular weight is 1790 g/mol. The first-order valence-electron chi connectivity index (χ1n) is 45.7. The number of carbonyl (C=O) groups is 16. The third kappa shape index (κ3) is 27.5. The number of unbranched alkanes of at least 4 members (excludes halogenated alkanes) is 2. The highest BCUT2D eigenvalue weighted by Gasteiger charge is 2.47. The molecule has 5 aromatic rings. The molecule has 4 aliphatic heterocycles. The Morgan fingerprint density at radius 1 is 0.527 bits per heavy atom. The van der Waals surface area contributed by atoms with Crippen molar-refractivity contribution in [3.63, 3.8) is 0 Å². The standard InChI is InChI=1S/C93H134N18O18/c1-10-12-26-73-86(122)101-66(41-54(3)4)83(119)97-38-20-18-31-80(115)99-68(43-57-34-32-56(7)33-35-57)90(126)109-39-21-19-29-74(109)87(123)104-70(48-79(96)114)91(127)110-40-22-30-75(110)88(124)105-71(49-95)85(121)102-67(42-55(5)6)92(128)111-52-61(112)47-77(111)78(113)46-58(44-59-50-98-64-25-16-14-23-62(59)64)82(118)100-65(36-37-94)84(120)103-69(89(125)107(9)76(27-13-11-2)93(129)106(73)8)45-60-51-108(53-81(116)117)72-28-17-15-24-63(60)72/h14-17,23-25,28,32-35,50-51,54-55,58,61,65-71,73-77,98,112H,10-13,18-22,26-27,29-31,36-49,52-53,94-95H2,1-9H3,(H2,96,114)(H,97,119)(H,99,115)(H,100,118)(H,101,122)(H,102,121)(H,103,120)(H,104,123)(H,105,124)(H,116,117)/t58-,61-,65+,66+,67+,68+,69+,70+,71+,73+,74+,75+,76+,77+/m1/s1. The Kier molecular flexibility index (Phi) is 37.7. The van der Waals surface area contributed by atoms with Crippen LogP contribution in [0.15, 0.2) is 85.2 Å². The van der Waals surface area contributed by atoms with Crippen molar-refractivity contribution in [2.45, 2.75) is 281 Å². The number of nitrogens with two attached hydrogens (primary N) is 3. The Bertz CT molecular complexity index is 4800. The minimum absolute atomic E-state index is 0.00853. The quantitative estimate of drug-likeness (QED) is 0.0446. The molecule has 9 rings (SSSR count). The fraction of sp³-hybridized carbons (Fsp3) is 0.591. The maximum atomic E-state index is 15.9. The topological polar surface area (TPSA) is 525 Å². The summed E-state index contributed by atoms with van der Waals surface area (Å²) < 4.78 is 1.48. The van der Waals surface area contributed by atoms with Gasteiger partial charge in [0.05, 0.1) is 18.6 Å². The van der Waals surface area contributed by atoms with Crippen molar-refractivity contribution >= 4 is 116 Å². The molecule has 14 atom stereocenters. The molecule has 0 aliphatic carbocycles. The number of aromatic amines is 1. The highest BCUT2D eigenvalue weighted by molar-refractivity contribution is 6.02. The molecular weight excluding hydrogens is 1660 g/mol. The van der Waals surface area contributed by atoms with Crippen LogP contribution in [0.5, 0.6) is 0 Å². The lowest BCUT2D eigenvalue weighted by atomic mass is 9.90. The van der Waals surface area contributed by atoms with Gasteiger partial charge in [-0.05, 0) is 138 Å². The van der Waals surface area contributed by atoms with E-state index in [1.54, 1.807) is 62.6 Å². The highest BCUT2D eigenvalue weighted by atomic mass is 16.4. The van der Waals surface area contributed by atoms with Gasteiger partial charge in [-0.25, -0.2) is 0 Å². The zero-order valence-electron chi connectivity index (χ0n) is 75.9. The number of aliphatic hydroxyl groups is 1. The summed E-state index contributed by atoms with van der Waals surface area (Å²) in [5.74, 6) is -14.4. The first kappa shape index (κ1) is 101.